The molecule has 0 saturated heterocycles. The second-order valence-corrected chi connectivity index (χ2v) is 11.4. The van der Waals surface area contributed by atoms with Crippen molar-refractivity contribution in [3.8, 4) is 17.1 Å². The molecule has 0 N–H and O–H groups in total. The van der Waals surface area contributed by atoms with Gasteiger partial charge in [-0.05, 0) is 65.9 Å². The summed E-state index contributed by atoms with van der Waals surface area (Å²) in [5.41, 5.74) is -0.231. The molecular weight excluding hydrogens is 504 g/mol. The highest BCUT2D eigenvalue weighted by Gasteiger charge is 2.21. The molecule has 0 radical (unpaired) electrons. The van der Waals surface area contributed by atoms with Gasteiger partial charge in [0.25, 0.3) is 22.2 Å². The van der Waals surface area contributed by atoms with Gasteiger partial charge in [-0.15, -0.1) is 0 Å². The molecule has 0 aliphatic carbocycles. The second-order valence-electron chi connectivity index (χ2n) is 11.4. The van der Waals surface area contributed by atoms with Crippen LogP contribution in [0.1, 0.15) is 65.4 Å². The number of hydrogen-bond acceptors (Lipinski definition) is 5. The minimum Gasteiger partial charge on any atom is -0.494 e. The minimum absolute atomic E-state index is 0.0743. The molecule has 2 heterocycles. The molecule has 0 fully saturated rings. The van der Waals surface area contributed by atoms with Crippen LogP contribution in [0.25, 0.3) is 32.9 Å². The molecule has 3 aromatic carbocycles. The van der Waals surface area contributed by atoms with Crippen molar-refractivity contribution in [2.24, 2.45) is 0 Å². The zero-order valence-electron chi connectivity index (χ0n) is 23.5. The Bertz CT molecular complexity index is 1800. The topological polar surface area (TPSA) is 87.4 Å². The van der Waals surface area contributed by atoms with Gasteiger partial charge in [0.05, 0.1) is 39.5 Å². The zero-order valence-corrected chi connectivity index (χ0v) is 23.5. The maximum absolute atomic E-state index is 13.3. The predicted molar refractivity (Wildman–Crippen MR) is 161 cm³/mol. The molecule has 7 nitrogen and oxygen atoms in total. The highest BCUT2D eigenvalue weighted by Crippen LogP contribution is 2.23. The second kappa shape index (κ2) is 10.7. The molecule has 0 aliphatic heterocycles. The lowest BCUT2D eigenvalue weighted by Crippen LogP contribution is -2.24. The van der Waals surface area contributed by atoms with Crippen LogP contribution in [0.3, 0.4) is 0 Å². The summed E-state index contributed by atoms with van der Waals surface area (Å²) >= 11 is 0. The third-order valence-electron chi connectivity index (χ3n) is 7.49. The van der Waals surface area contributed by atoms with Crippen LogP contribution in [-0.2, 0) is 5.41 Å². The van der Waals surface area contributed by atoms with Crippen molar-refractivity contribution in [2.45, 2.75) is 65.2 Å². The first-order chi connectivity index (χ1) is 19.1. The number of unbranched alkanes of at least 4 members (excludes halogenated alkanes) is 4. The van der Waals surface area contributed by atoms with Gasteiger partial charge in [0.2, 0.25) is 0 Å². The molecular formula is C33H34N2O5. The Morgan fingerprint density at radius 3 is 1.45 bits per heavy atom. The van der Waals surface area contributed by atoms with Crippen molar-refractivity contribution in [3.05, 3.63) is 108 Å². The average molecular weight is 539 g/mol. The van der Waals surface area contributed by atoms with Gasteiger partial charge in [-0.2, -0.15) is 0 Å². The molecule has 0 saturated carbocycles. The summed E-state index contributed by atoms with van der Waals surface area (Å²) in [4.78, 5) is 53.3. The van der Waals surface area contributed by atoms with Crippen molar-refractivity contribution in [3.63, 3.8) is 0 Å². The summed E-state index contributed by atoms with van der Waals surface area (Å²) < 4.78 is 7.97. The SMILES string of the molecule is CCCCCCCOc1ccc(-n2c(=O)c3cc4c(=O)n(-c5ccc(C(C)(C)C)cc5)c(=O)c4cc3c2=O)cc1. The lowest BCUT2D eigenvalue weighted by molar-refractivity contribution is 0.304. The predicted octanol–water partition coefficient (Wildman–Crippen LogP) is 5.54. The van der Waals surface area contributed by atoms with E-state index in [4.69, 9.17) is 4.74 Å². The largest absolute Gasteiger partial charge is 0.494 e. The summed E-state index contributed by atoms with van der Waals surface area (Å²) in [5, 5.41) is 0.466. The van der Waals surface area contributed by atoms with E-state index in [9.17, 15) is 19.2 Å². The van der Waals surface area contributed by atoms with Gasteiger partial charge >= 0.3 is 0 Å². The van der Waals surface area contributed by atoms with E-state index in [0.29, 0.717) is 23.7 Å². The van der Waals surface area contributed by atoms with Crippen LogP contribution < -0.4 is 27.0 Å². The number of ether oxygens (including phenoxy) is 1. The smallest absolute Gasteiger partial charge is 0.266 e. The van der Waals surface area contributed by atoms with Crippen molar-refractivity contribution in [1.82, 2.24) is 9.13 Å². The van der Waals surface area contributed by atoms with Crippen LogP contribution in [0.15, 0.2) is 79.8 Å². The Labute approximate surface area is 232 Å². The van der Waals surface area contributed by atoms with E-state index in [1.54, 1.807) is 36.4 Å². The van der Waals surface area contributed by atoms with Crippen LogP contribution in [0.5, 0.6) is 5.75 Å². The van der Waals surface area contributed by atoms with Gasteiger partial charge in [-0.1, -0.05) is 65.5 Å². The van der Waals surface area contributed by atoms with Crippen LogP contribution in [0.2, 0.25) is 0 Å². The molecule has 5 aromatic rings. The Morgan fingerprint density at radius 2 is 1.02 bits per heavy atom. The summed E-state index contributed by atoms with van der Waals surface area (Å²) in [7, 11) is 0. The molecule has 0 unspecified atom stereocenters. The average Bonchev–Trinajstić information content (AvgIpc) is 3.33. The quantitative estimate of drug-likeness (QED) is 0.230. The maximum atomic E-state index is 13.3. The lowest BCUT2D eigenvalue weighted by Gasteiger charge is -2.19. The van der Waals surface area contributed by atoms with Gasteiger partial charge in [0.1, 0.15) is 5.75 Å². The van der Waals surface area contributed by atoms with Crippen LogP contribution >= 0.6 is 0 Å². The van der Waals surface area contributed by atoms with Crippen LogP contribution in [-0.4, -0.2) is 15.7 Å². The molecule has 0 spiro atoms. The molecule has 0 amide bonds. The third-order valence-corrected chi connectivity index (χ3v) is 7.49. The van der Waals surface area contributed by atoms with Crippen molar-refractivity contribution in [1.29, 1.82) is 0 Å². The molecule has 206 valence electrons. The highest BCUT2D eigenvalue weighted by atomic mass is 16.5. The van der Waals surface area contributed by atoms with Gasteiger partial charge in [-0.25, -0.2) is 9.13 Å². The first-order valence-electron chi connectivity index (χ1n) is 13.9. The van der Waals surface area contributed by atoms with Gasteiger partial charge in [-0.3, -0.25) is 19.2 Å². The molecule has 0 bridgehead atoms. The van der Waals surface area contributed by atoms with E-state index in [-0.39, 0.29) is 27.0 Å². The molecule has 0 atom stereocenters. The van der Waals surface area contributed by atoms with Gasteiger partial charge < -0.3 is 4.74 Å². The molecule has 7 heteroatoms. The summed E-state index contributed by atoms with van der Waals surface area (Å²) in [5.74, 6) is 0.668. The van der Waals surface area contributed by atoms with Crippen molar-refractivity contribution in [2.75, 3.05) is 6.61 Å². The normalized spacial score (nSPS) is 12.0. The number of hydrogen-bond donors (Lipinski definition) is 0. The van der Waals surface area contributed by atoms with Crippen molar-refractivity contribution >= 4 is 21.5 Å². The number of benzene rings is 3. The molecule has 0 aliphatic rings. The number of nitrogens with zero attached hydrogens (tertiary/aromatic N) is 2. The van der Waals surface area contributed by atoms with E-state index in [0.717, 1.165) is 27.5 Å². The monoisotopic (exact) mass is 538 g/mol. The molecule has 2 aromatic heterocycles. The van der Waals surface area contributed by atoms with E-state index >= 15 is 0 Å². The maximum Gasteiger partial charge on any atom is 0.266 e. The highest BCUT2D eigenvalue weighted by molar-refractivity contribution is 5.98. The standard InChI is InChI=1S/C33H34N2O5/c1-5-6-7-8-9-18-40-24-16-14-23(15-17-24)35-31(38)27-19-25-26(20-28(27)32(35)39)30(37)34(29(25)36)22-12-10-21(11-13-22)33(2,3)4/h10-17,19-20H,5-9,18H2,1-4H3. The number of fused-ring (bicyclic) bond motifs is 2. The Balaban J connectivity index is 1.48. The minimum atomic E-state index is -0.527. The fraction of sp³-hybridized carbons (Fsp3) is 0.333. The fourth-order valence-corrected chi connectivity index (χ4v) is 5.14. The first-order valence-corrected chi connectivity index (χ1v) is 13.9. The van der Waals surface area contributed by atoms with Crippen molar-refractivity contribution < 1.29 is 4.74 Å². The molecule has 5 rings (SSSR count). The van der Waals surface area contributed by atoms with E-state index < -0.39 is 22.2 Å². The fourth-order valence-electron chi connectivity index (χ4n) is 5.14. The Kier molecular flexibility index (Phi) is 7.32. The lowest BCUT2D eigenvalue weighted by atomic mass is 9.87. The third kappa shape index (κ3) is 4.92. The zero-order chi connectivity index (χ0) is 28.6. The van der Waals surface area contributed by atoms with Crippen LogP contribution in [0.4, 0.5) is 0 Å². The first kappa shape index (κ1) is 27.3. The summed E-state index contributed by atoms with van der Waals surface area (Å²) in [6, 6.07) is 16.8. The van der Waals surface area contributed by atoms with Gasteiger partial charge in [0.15, 0.2) is 0 Å². The number of aromatic nitrogens is 2. The van der Waals surface area contributed by atoms with Crippen LogP contribution in [0, 0.1) is 0 Å². The Hall–Kier alpha value is -4.26. The molecule has 40 heavy (non-hydrogen) atoms. The van der Waals surface area contributed by atoms with E-state index in [1.165, 1.54) is 31.4 Å². The number of rotatable bonds is 9. The summed E-state index contributed by atoms with van der Waals surface area (Å²) in [6.45, 7) is 9.05. The van der Waals surface area contributed by atoms with Gasteiger partial charge in [0, 0.05) is 0 Å². The van der Waals surface area contributed by atoms with E-state index in [2.05, 4.69) is 27.7 Å². The van der Waals surface area contributed by atoms with E-state index in [1.807, 2.05) is 12.1 Å². The Morgan fingerprint density at radius 1 is 0.600 bits per heavy atom. The summed E-state index contributed by atoms with van der Waals surface area (Å²) in [6.07, 6.45) is 5.71.